The van der Waals surface area contributed by atoms with Crippen molar-refractivity contribution in [2.75, 3.05) is 0 Å². The zero-order valence-corrected chi connectivity index (χ0v) is 11.5. The van der Waals surface area contributed by atoms with Crippen molar-refractivity contribution in [2.45, 2.75) is 10.6 Å². The molecule has 0 unspecified atom stereocenters. The van der Waals surface area contributed by atoms with Crippen LogP contribution < -0.4 is 0 Å². The third-order valence-corrected chi connectivity index (χ3v) is 4.46. The summed E-state index contributed by atoms with van der Waals surface area (Å²) >= 11 is 0. The summed E-state index contributed by atoms with van der Waals surface area (Å²) in [5, 5.41) is 17.5. The number of nitrogens with zero attached hydrogens (tertiary/aromatic N) is 2. The second-order valence-corrected chi connectivity index (χ2v) is 6.24. The number of pyridine rings is 1. The lowest BCUT2D eigenvalue weighted by Gasteiger charge is -2.05. The lowest BCUT2D eigenvalue weighted by molar-refractivity contribution is 0.0696. The van der Waals surface area contributed by atoms with Crippen molar-refractivity contribution < 1.29 is 18.3 Å². The number of benzene rings is 1. The standard InChI is InChI=1S/C14H10N2O4S/c15-8-12-7-10(5-6-16-12)9-21(19,20)13-3-1-11(2-4-13)14(17)18/h1-7H,9H2,(H,17,18). The average Bonchev–Trinajstić information content (AvgIpc) is 2.47. The summed E-state index contributed by atoms with van der Waals surface area (Å²) in [7, 11) is -3.61. The van der Waals surface area contributed by atoms with E-state index >= 15 is 0 Å². The third kappa shape index (κ3) is 3.43. The van der Waals surface area contributed by atoms with Gasteiger partial charge in [-0.15, -0.1) is 0 Å². The fourth-order valence-corrected chi connectivity index (χ4v) is 3.07. The molecular formula is C14H10N2O4S. The quantitative estimate of drug-likeness (QED) is 0.919. The molecule has 0 aliphatic carbocycles. The van der Waals surface area contributed by atoms with Crippen LogP contribution in [-0.4, -0.2) is 24.5 Å². The van der Waals surface area contributed by atoms with Crippen molar-refractivity contribution in [3.63, 3.8) is 0 Å². The molecule has 1 heterocycles. The van der Waals surface area contributed by atoms with Crippen molar-refractivity contribution in [2.24, 2.45) is 0 Å². The highest BCUT2D eigenvalue weighted by molar-refractivity contribution is 7.90. The van der Waals surface area contributed by atoms with E-state index in [0.29, 0.717) is 5.56 Å². The number of aromatic carboxylic acids is 1. The van der Waals surface area contributed by atoms with Crippen LogP contribution in [0.15, 0.2) is 47.5 Å². The van der Waals surface area contributed by atoms with Crippen LogP contribution in [0.3, 0.4) is 0 Å². The minimum absolute atomic E-state index is 0.0182. The fourth-order valence-electron chi connectivity index (χ4n) is 1.73. The van der Waals surface area contributed by atoms with E-state index in [0.717, 1.165) is 0 Å². The number of rotatable bonds is 4. The van der Waals surface area contributed by atoms with E-state index in [2.05, 4.69) is 4.98 Å². The van der Waals surface area contributed by atoms with Crippen molar-refractivity contribution >= 4 is 15.8 Å². The normalized spacial score (nSPS) is 10.8. The van der Waals surface area contributed by atoms with E-state index in [-0.39, 0.29) is 21.9 Å². The first-order chi connectivity index (χ1) is 9.92. The highest BCUT2D eigenvalue weighted by Crippen LogP contribution is 2.17. The van der Waals surface area contributed by atoms with Gasteiger partial charge >= 0.3 is 5.97 Å². The zero-order valence-electron chi connectivity index (χ0n) is 10.7. The maximum Gasteiger partial charge on any atom is 0.335 e. The molecule has 0 amide bonds. The second-order valence-electron chi connectivity index (χ2n) is 4.25. The van der Waals surface area contributed by atoms with Gasteiger partial charge in [0.1, 0.15) is 11.8 Å². The Bertz CT molecular complexity index is 821. The zero-order chi connectivity index (χ0) is 15.5. The van der Waals surface area contributed by atoms with Crippen molar-refractivity contribution in [1.82, 2.24) is 4.98 Å². The Morgan fingerprint density at radius 1 is 1.24 bits per heavy atom. The number of aromatic nitrogens is 1. The molecule has 0 saturated heterocycles. The van der Waals surface area contributed by atoms with E-state index in [1.807, 2.05) is 6.07 Å². The maximum atomic E-state index is 12.2. The van der Waals surface area contributed by atoms with E-state index in [4.69, 9.17) is 10.4 Å². The predicted octanol–water partition coefficient (Wildman–Crippen LogP) is 1.63. The number of hydrogen-bond acceptors (Lipinski definition) is 5. The summed E-state index contributed by atoms with van der Waals surface area (Å²) in [6.45, 7) is 0. The molecule has 0 radical (unpaired) electrons. The molecule has 0 spiro atoms. The van der Waals surface area contributed by atoms with Gasteiger partial charge in [-0.1, -0.05) is 0 Å². The van der Waals surface area contributed by atoms with Crippen LogP contribution in [0.1, 0.15) is 21.6 Å². The monoisotopic (exact) mass is 302 g/mol. The Labute approximate surface area is 121 Å². The summed E-state index contributed by atoms with van der Waals surface area (Å²) in [6, 6.07) is 9.75. The maximum absolute atomic E-state index is 12.2. The number of nitriles is 1. The molecule has 0 fully saturated rings. The van der Waals surface area contributed by atoms with Crippen LogP contribution in [0.25, 0.3) is 0 Å². The highest BCUT2D eigenvalue weighted by atomic mass is 32.2. The first kappa shape index (κ1) is 14.7. The van der Waals surface area contributed by atoms with Crippen LogP contribution in [0.5, 0.6) is 0 Å². The molecule has 1 aromatic carbocycles. The Morgan fingerprint density at radius 2 is 1.90 bits per heavy atom. The molecule has 21 heavy (non-hydrogen) atoms. The largest absolute Gasteiger partial charge is 0.478 e. The molecule has 7 heteroatoms. The van der Waals surface area contributed by atoms with Gasteiger partial charge in [-0.3, -0.25) is 0 Å². The number of carboxylic acid groups (broad SMARTS) is 1. The Kier molecular flexibility index (Phi) is 4.00. The van der Waals surface area contributed by atoms with Gasteiger partial charge in [0.25, 0.3) is 0 Å². The van der Waals surface area contributed by atoms with Crippen LogP contribution in [0, 0.1) is 11.3 Å². The fraction of sp³-hybridized carbons (Fsp3) is 0.0714. The van der Waals surface area contributed by atoms with Gasteiger partial charge in [-0.2, -0.15) is 5.26 Å². The lowest BCUT2D eigenvalue weighted by Crippen LogP contribution is -2.06. The Morgan fingerprint density at radius 3 is 2.48 bits per heavy atom. The third-order valence-electron chi connectivity index (χ3n) is 2.76. The van der Waals surface area contributed by atoms with Gasteiger partial charge in [0.05, 0.1) is 16.2 Å². The van der Waals surface area contributed by atoms with Crippen LogP contribution in [0.4, 0.5) is 0 Å². The van der Waals surface area contributed by atoms with E-state index in [1.165, 1.54) is 42.6 Å². The molecule has 1 aromatic heterocycles. The molecular weight excluding hydrogens is 292 g/mol. The number of hydrogen-bond donors (Lipinski definition) is 1. The van der Waals surface area contributed by atoms with E-state index < -0.39 is 15.8 Å². The molecule has 2 aromatic rings. The average molecular weight is 302 g/mol. The van der Waals surface area contributed by atoms with Crippen molar-refractivity contribution in [3.8, 4) is 6.07 Å². The highest BCUT2D eigenvalue weighted by Gasteiger charge is 2.16. The molecule has 2 rings (SSSR count). The van der Waals surface area contributed by atoms with Gasteiger partial charge in [0.2, 0.25) is 0 Å². The number of sulfone groups is 1. The summed E-state index contributed by atoms with van der Waals surface area (Å²) in [6.07, 6.45) is 1.37. The first-order valence-corrected chi connectivity index (χ1v) is 7.49. The van der Waals surface area contributed by atoms with Crippen LogP contribution >= 0.6 is 0 Å². The van der Waals surface area contributed by atoms with Gasteiger partial charge in [-0.05, 0) is 42.0 Å². The van der Waals surface area contributed by atoms with Crippen LogP contribution in [0.2, 0.25) is 0 Å². The molecule has 0 aliphatic rings. The molecule has 0 atom stereocenters. The summed E-state index contributed by atoms with van der Waals surface area (Å²) in [5.41, 5.74) is 0.609. The van der Waals surface area contributed by atoms with Gasteiger partial charge in [0, 0.05) is 6.20 Å². The van der Waals surface area contributed by atoms with E-state index in [1.54, 1.807) is 0 Å². The number of carbonyl (C=O) groups is 1. The Balaban J connectivity index is 2.29. The first-order valence-electron chi connectivity index (χ1n) is 5.83. The minimum Gasteiger partial charge on any atom is -0.478 e. The Hall–Kier alpha value is -2.72. The van der Waals surface area contributed by atoms with Gasteiger partial charge in [-0.25, -0.2) is 18.2 Å². The second kappa shape index (κ2) is 5.73. The van der Waals surface area contributed by atoms with Gasteiger partial charge in [0.15, 0.2) is 9.84 Å². The predicted molar refractivity (Wildman–Crippen MR) is 73.2 cm³/mol. The van der Waals surface area contributed by atoms with Crippen molar-refractivity contribution in [3.05, 3.63) is 59.4 Å². The molecule has 0 saturated carbocycles. The lowest BCUT2D eigenvalue weighted by atomic mass is 10.2. The summed E-state index contributed by atoms with van der Waals surface area (Å²) < 4.78 is 24.5. The molecule has 0 bridgehead atoms. The SMILES string of the molecule is N#Cc1cc(CS(=O)(=O)c2ccc(C(=O)O)cc2)ccn1. The topological polar surface area (TPSA) is 108 Å². The van der Waals surface area contributed by atoms with Crippen molar-refractivity contribution in [1.29, 1.82) is 5.26 Å². The van der Waals surface area contributed by atoms with E-state index in [9.17, 15) is 13.2 Å². The molecule has 6 nitrogen and oxygen atoms in total. The van der Waals surface area contributed by atoms with Crippen LogP contribution in [-0.2, 0) is 15.6 Å². The van der Waals surface area contributed by atoms with Gasteiger partial charge < -0.3 is 5.11 Å². The summed E-state index contributed by atoms with van der Waals surface area (Å²) in [5.74, 6) is -1.40. The minimum atomic E-state index is -3.61. The summed E-state index contributed by atoms with van der Waals surface area (Å²) in [4.78, 5) is 14.5. The molecule has 1 N–H and O–H groups in total. The smallest absolute Gasteiger partial charge is 0.335 e. The molecule has 106 valence electrons. The molecule has 0 aliphatic heterocycles. The number of carboxylic acids is 1.